The van der Waals surface area contributed by atoms with Crippen LogP contribution in [0.1, 0.15) is 0 Å². The first-order valence-electron chi connectivity index (χ1n) is 17.0. The second-order valence-corrected chi connectivity index (χ2v) is 12.7. The number of nitrogens with zero attached hydrogens (tertiary/aromatic N) is 2. The first-order valence-corrected chi connectivity index (χ1v) is 17.0. The van der Waals surface area contributed by atoms with Gasteiger partial charge in [0.15, 0.2) is 5.82 Å². The minimum absolute atomic E-state index is 0.700. The molecule has 0 fully saturated rings. The zero-order valence-electron chi connectivity index (χ0n) is 27.4. The minimum Gasteiger partial charge on any atom is -0.228 e. The Kier molecular flexibility index (Phi) is 7.53. The van der Waals surface area contributed by atoms with Crippen molar-refractivity contribution < 1.29 is 0 Å². The lowest BCUT2D eigenvalue weighted by Crippen LogP contribution is -1.96. The topological polar surface area (TPSA) is 25.8 Å². The summed E-state index contributed by atoms with van der Waals surface area (Å²) in [7, 11) is 0. The maximum atomic E-state index is 5.16. The lowest BCUT2D eigenvalue weighted by molar-refractivity contribution is 1.18. The zero-order valence-corrected chi connectivity index (χ0v) is 27.4. The molecule has 1 aromatic heterocycles. The Hall–Kier alpha value is -6.64. The van der Waals surface area contributed by atoms with Crippen LogP contribution in [0.3, 0.4) is 0 Å². The third-order valence-electron chi connectivity index (χ3n) is 9.48. The Bertz CT molecular complexity index is 2480. The summed E-state index contributed by atoms with van der Waals surface area (Å²) in [5.41, 5.74) is 11.9. The highest BCUT2D eigenvalue weighted by molar-refractivity contribution is 5.89. The Morgan fingerprint density at radius 3 is 1.22 bits per heavy atom. The second-order valence-electron chi connectivity index (χ2n) is 12.7. The van der Waals surface area contributed by atoms with E-state index in [1.807, 2.05) is 6.07 Å². The molecule has 50 heavy (non-hydrogen) atoms. The largest absolute Gasteiger partial charge is 0.228 e. The second kappa shape index (κ2) is 12.8. The molecule has 9 rings (SSSR count). The fraction of sp³-hybridized carbons (Fsp3) is 0. The molecule has 0 unspecified atom stereocenters. The van der Waals surface area contributed by atoms with Crippen molar-refractivity contribution in [3.63, 3.8) is 0 Å². The van der Waals surface area contributed by atoms with Crippen molar-refractivity contribution in [2.45, 2.75) is 0 Å². The van der Waals surface area contributed by atoms with E-state index in [0.717, 1.165) is 39.2 Å². The quantitative estimate of drug-likeness (QED) is 0.181. The van der Waals surface area contributed by atoms with Crippen molar-refractivity contribution >= 4 is 21.5 Å². The number of fused-ring (bicyclic) bond motifs is 2. The molecule has 234 valence electrons. The summed E-state index contributed by atoms with van der Waals surface area (Å²) in [6.45, 7) is 0. The summed E-state index contributed by atoms with van der Waals surface area (Å²) in [5, 5.41) is 4.96. The van der Waals surface area contributed by atoms with Crippen LogP contribution in [0.15, 0.2) is 194 Å². The first kappa shape index (κ1) is 29.5. The maximum absolute atomic E-state index is 5.16. The van der Waals surface area contributed by atoms with E-state index in [1.165, 1.54) is 43.8 Å². The van der Waals surface area contributed by atoms with Crippen LogP contribution >= 0.6 is 0 Å². The van der Waals surface area contributed by atoms with Crippen molar-refractivity contribution in [1.82, 2.24) is 9.97 Å². The van der Waals surface area contributed by atoms with Gasteiger partial charge in [-0.05, 0) is 79.2 Å². The fourth-order valence-electron chi connectivity index (χ4n) is 6.74. The summed E-state index contributed by atoms with van der Waals surface area (Å²) >= 11 is 0. The molecule has 0 aliphatic carbocycles. The van der Waals surface area contributed by atoms with Crippen LogP contribution in [0.25, 0.3) is 88.8 Å². The van der Waals surface area contributed by atoms with Crippen molar-refractivity contribution in [3.8, 4) is 67.3 Å². The van der Waals surface area contributed by atoms with E-state index < -0.39 is 0 Å². The van der Waals surface area contributed by atoms with Crippen LogP contribution in [0.4, 0.5) is 0 Å². The van der Waals surface area contributed by atoms with E-state index in [1.54, 1.807) is 0 Å². The fourth-order valence-corrected chi connectivity index (χ4v) is 6.74. The Morgan fingerprint density at radius 2 is 0.620 bits per heavy atom. The van der Waals surface area contributed by atoms with Crippen LogP contribution in [-0.2, 0) is 0 Å². The van der Waals surface area contributed by atoms with Gasteiger partial charge in [0.2, 0.25) is 0 Å². The lowest BCUT2D eigenvalue weighted by atomic mass is 9.98. The van der Waals surface area contributed by atoms with E-state index in [2.05, 4.69) is 188 Å². The van der Waals surface area contributed by atoms with E-state index in [4.69, 9.17) is 9.97 Å². The van der Waals surface area contributed by atoms with Gasteiger partial charge in [-0.25, -0.2) is 9.97 Å². The first-order chi connectivity index (χ1) is 24.7. The molecule has 2 heteroatoms. The Balaban J connectivity index is 1.11. The van der Waals surface area contributed by atoms with Crippen LogP contribution in [-0.4, -0.2) is 9.97 Å². The number of rotatable bonds is 6. The normalized spacial score (nSPS) is 11.2. The molecule has 0 aliphatic rings. The average Bonchev–Trinajstić information content (AvgIpc) is 3.21. The smallest absolute Gasteiger partial charge is 0.160 e. The molecule has 0 N–H and O–H groups in total. The maximum Gasteiger partial charge on any atom is 0.160 e. The molecule has 1 heterocycles. The van der Waals surface area contributed by atoms with Crippen molar-refractivity contribution in [2.75, 3.05) is 0 Å². The number of hydrogen-bond acceptors (Lipinski definition) is 2. The van der Waals surface area contributed by atoms with Gasteiger partial charge in [0.25, 0.3) is 0 Å². The van der Waals surface area contributed by atoms with Gasteiger partial charge in [0, 0.05) is 16.7 Å². The van der Waals surface area contributed by atoms with E-state index in [9.17, 15) is 0 Å². The molecule has 0 spiro atoms. The van der Waals surface area contributed by atoms with E-state index in [0.29, 0.717) is 5.82 Å². The number of benzene rings is 8. The van der Waals surface area contributed by atoms with Crippen molar-refractivity contribution in [1.29, 1.82) is 0 Å². The van der Waals surface area contributed by atoms with Crippen LogP contribution in [0, 0.1) is 0 Å². The molecular formula is C48H32N2. The number of aromatic nitrogens is 2. The molecule has 8 aromatic carbocycles. The molecule has 0 atom stereocenters. The SMILES string of the molecule is c1ccc(-c2cccc(-c3cc(-c4ccc(-c5ccc6ccccc6c5)cc4)nc(-c4ccc(-c5ccc6ccccc6c5)cc4)n3)c2)cc1. The predicted molar refractivity (Wildman–Crippen MR) is 210 cm³/mol. The summed E-state index contributed by atoms with van der Waals surface area (Å²) < 4.78 is 0. The molecule has 0 saturated heterocycles. The third-order valence-corrected chi connectivity index (χ3v) is 9.48. The van der Waals surface area contributed by atoms with Gasteiger partial charge >= 0.3 is 0 Å². The summed E-state index contributed by atoms with van der Waals surface area (Å²) in [4.78, 5) is 10.3. The monoisotopic (exact) mass is 636 g/mol. The molecule has 9 aromatic rings. The van der Waals surface area contributed by atoms with Gasteiger partial charge in [-0.2, -0.15) is 0 Å². The molecule has 2 nitrogen and oxygen atoms in total. The lowest BCUT2D eigenvalue weighted by Gasteiger charge is -2.12. The molecule has 0 saturated carbocycles. The number of hydrogen-bond donors (Lipinski definition) is 0. The molecule has 0 bridgehead atoms. The molecule has 0 amide bonds. The average molecular weight is 637 g/mol. The van der Waals surface area contributed by atoms with Crippen molar-refractivity contribution in [3.05, 3.63) is 194 Å². The van der Waals surface area contributed by atoms with Gasteiger partial charge in [-0.1, -0.05) is 170 Å². The van der Waals surface area contributed by atoms with Gasteiger partial charge < -0.3 is 0 Å². The molecular weight excluding hydrogens is 605 g/mol. The molecule has 0 radical (unpaired) electrons. The summed E-state index contributed by atoms with van der Waals surface area (Å²) in [5.74, 6) is 0.700. The highest BCUT2D eigenvalue weighted by Crippen LogP contribution is 2.33. The standard InChI is InChI=1S/C48H32N2/c1-2-9-33(10-3-1)42-15-8-16-45(31-42)47-32-46(38-23-17-36(18-24-38)43-27-21-34-11-4-6-13-40(34)29-43)49-48(50-47)39-25-19-37(20-26-39)44-28-22-35-12-5-7-14-41(35)30-44/h1-32H. The minimum atomic E-state index is 0.700. The Morgan fingerprint density at radius 1 is 0.220 bits per heavy atom. The summed E-state index contributed by atoms with van der Waals surface area (Å²) in [6, 6.07) is 68.8. The van der Waals surface area contributed by atoms with E-state index in [-0.39, 0.29) is 0 Å². The van der Waals surface area contributed by atoms with Gasteiger partial charge in [-0.3, -0.25) is 0 Å². The third kappa shape index (κ3) is 5.85. The highest BCUT2D eigenvalue weighted by Gasteiger charge is 2.13. The van der Waals surface area contributed by atoms with Gasteiger partial charge in [0.05, 0.1) is 11.4 Å². The van der Waals surface area contributed by atoms with Crippen LogP contribution < -0.4 is 0 Å². The van der Waals surface area contributed by atoms with Gasteiger partial charge in [0.1, 0.15) is 0 Å². The van der Waals surface area contributed by atoms with Crippen LogP contribution in [0.2, 0.25) is 0 Å². The highest BCUT2D eigenvalue weighted by atomic mass is 14.9. The molecule has 0 aliphatic heterocycles. The zero-order chi connectivity index (χ0) is 33.3. The predicted octanol–water partition coefficient (Wildman–Crippen LogP) is 12.8. The van der Waals surface area contributed by atoms with Crippen LogP contribution in [0.5, 0.6) is 0 Å². The van der Waals surface area contributed by atoms with Crippen molar-refractivity contribution in [2.24, 2.45) is 0 Å². The van der Waals surface area contributed by atoms with E-state index >= 15 is 0 Å². The van der Waals surface area contributed by atoms with Gasteiger partial charge in [-0.15, -0.1) is 0 Å². The summed E-state index contributed by atoms with van der Waals surface area (Å²) in [6.07, 6.45) is 0. The Labute approximate surface area is 292 Å².